The van der Waals surface area contributed by atoms with Crippen LogP contribution in [-0.4, -0.2) is 27.8 Å². The molecule has 1 N–H and O–H groups in total. The Hall–Kier alpha value is -3.63. The molecular weight excluding hydrogens is 542 g/mol. The van der Waals surface area contributed by atoms with Crippen molar-refractivity contribution in [3.8, 4) is 6.07 Å². The summed E-state index contributed by atoms with van der Waals surface area (Å²) in [4.78, 5) is 33.3. The van der Waals surface area contributed by atoms with Crippen LogP contribution in [0.5, 0.6) is 0 Å². The predicted molar refractivity (Wildman–Crippen MR) is 135 cm³/mol. The second-order valence-electron chi connectivity index (χ2n) is 8.90. The fraction of sp³-hybridized carbons (Fsp3) is 0.280. The van der Waals surface area contributed by atoms with Crippen molar-refractivity contribution in [3.63, 3.8) is 0 Å². The molecule has 7 nitrogen and oxygen atoms in total. The highest BCUT2D eigenvalue weighted by atomic mass is 32.1. The number of thiol groups is 1. The average Bonchev–Trinajstić information content (AvgIpc) is 3.45. The van der Waals surface area contributed by atoms with Gasteiger partial charge in [0, 0.05) is 10.6 Å². The topological polar surface area (TPSA) is 89.3 Å². The molecule has 2 aromatic heterocycles. The number of carbonyl (C=O) groups excluding carboxylic acids is 2. The van der Waals surface area contributed by atoms with Crippen LogP contribution in [0.1, 0.15) is 45.8 Å². The molecule has 13 heteroatoms. The third-order valence-corrected chi connectivity index (χ3v) is 8.10. The Morgan fingerprint density at radius 1 is 1.26 bits per heavy atom. The maximum absolute atomic E-state index is 15.1. The first-order valence-electron chi connectivity index (χ1n) is 11.5. The standard InChI is InChI=1S/C25H19F4N5O2S2/c26-19-10-14(4-5-17(19)21(35)32-13-16-3-1-8-38-16)34-23(37)33(22(36)24(34)6-2-7-24)15-9-18(25(27,28)29)20(11-30)31-12-15/h1,3-5,8-10,12,23,37H,2,6-7,13H2,(H,32,35). The number of anilines is 2. The van der Waals surface area contributed by atoms with Gasteiger partial charge in [-0.05, 0) is 55.0 Å². The molecule has 2 aliphatic rings. The summed E-state index contributed by atoms with van der Waals surface area (Å²) >= 11 is 6.00. The van der Waals surface area contributed by atoms with Crippen molar-refractivity contribution in [2.24, 2.45) is 0 Å². The van der Waals surface area contributed by atoms with E-state index in [0.29, 0.717) is 25.3 Å². The molecule has 1 spiro atoms. The van der Waals surface area contributed by atoms with Gasteiger partial charge in [0.2, 0.25) is 0 Å². The number of aromatic nitrogens is 1. The smallest absolute Gasteiger partial charge is 0.347 e. The second-order valence-corrected chi connectivity index (χ2v) is 10.4. The van der Waals surface area contributed by atoms with Crippen LogP contribution in [0.2, 0.25) is 0 Å². The summed E-state index contributed by atoms with van der Waals surface area (Å²) < 4.78 is 55.8. The molecule has 1 saturated carbocycles. The van der Waals surface area contributed by atoms with Gasteiger partial charge in [0.15, 0.2) is 11.2 Å². The molecule has 5 rings (SSSR count). The number of hydrogen-bond acceptors (Lipinski definition) is 7. The van der Waals surface area contributed by atoms with Gasteiger partial charge in [0.05, 0.1) is 29.6 Å². The lowest BCUT2D eigenvalue weighted by molar-refractivity contribution is -0.138. The highest BCUT2D eigenvalue weighted by molar-refractivity contribution is 7.81. The number of nitrogens with one attached hydrogen (secondary N) is 1. The van der Waals surface area contributed by atoms with Crippen molar-refractivity contribution in [1.82, 2.24) is 10.3 Å². The lowest BCUT2D eigenvalue weighted by Crippen LogP contribution is -2.55. The Balaban J connectivity index is 1.46. The Labute approximate surface area is 224 Å². The average molecular weight is 562 g/mol. The molecule has 38 heavy (non-hydrogen) atoms. The molecule has 1 atom stereocenters. The van der Waals surface area contributed by atoms with Crippen molar-refractivity contribution >= 4 is 47.2 Å². The van der Waals surface area contributed by atoms with E-state index < -0.39 is 46.1 Å². The molecule has 196 valence electrons. The maximum Gasteiger partial charge on any atom is 0.419 e. The summed E-state index contributed by atoms with van der Waals surface area (Å²) in [5, 5.41) is 13.6. The lowest BCUT2D eigenvalue weighted by atomic mass is 9.75. The molecule has 0 radical (unpaired) electrons. The van der Waals surface area contributed by atoms with Crippen LogP contribution >= 0.6 is 24.0 Å². The minimum Gasteiger partial charge on any atom is -0.347 e. The van der Waals surface area contributed by atoms with E-state index in [1.165, 1.54) is 29.5 Å². The highest BCUT2D eigenvalue weighted by Gasteiger charge is 2.60. The summed E-state index contributed by atoms with van der Waals surface area (Å²) in [6.45, 7) is 0.244. The van der Waals surface area contributed by atoms with Crippen LogP contribution in [0.15, 0.2) is 48.0 Å². The van der Waals surface area contributed by atoms with E-state index in [-0.39, 0.29) is 23.5 Å². The Morgan fingerprint density at radius 3 is 2.61 bits per heavy atom. The number of thiophene rings is 1. The van der Waals surface area contributed by atoms with E-state index in [4.69, 9.17) is 5.26 Å². The first-order valence-corrected chi connectivity index (χ1v) is 12.8. The summed E-state index contributed by atoms with van der Waals surface area (Å²) in [6.07, 6.45) is -2.38. The van der Waals surface area contributed by atoms with Gasteiger partial charge in [-0.1, -0.05) is 6.07 Å². The van der Waals surface area contributed by atoms with E-state index in [1.807, 2.05) is 17.5 Å². The monoisotopic (exact) mass is 561 g/mol. The van der Waals surface area contributed by atoms with Gasteiger partial charge in [-0.3, -0.25) is 14.5 Å². The van der Waals surface area contributed by atoms with Gasteiger partial charge in [0.25, 0.3) is 11.8 Å². The van der Waals surface area contributed by atoms with Gasteiger partial charge in [-0.25, -0.2) is 9.37 Å². The number of benzene rings is 1. The summed E-state index contributed by atoms with van der Waals surface area (Å²) in [7, 11) is 0. The van der Waals surface area contributed by atoms with Crippen LogP contribution in [0.3, 0.4) is 0 Å². The van der Waals surface area contributed by atoms with E-state index in [0.717, 1.165) is 22.0 Å². The molecular formula is C25H19F4N5O2S2. The fourth-order valence-corrected chi connectivity index (χ4v) is 6.01. The van der Waals surface area contributed by atoms with Crippen molar-refractivity contribution in [2.75, 3.05) is 9.80 Å². The lowest BCUT2D eigenvalue weighted by Gasteiger charge is -2.44. The fourth-order valence-electron chi connectivity index (χ4n) is 4.77. The maximum atomic E-state index is 15.1. The molecule has 1 aliphatic heterocycles. The first kappa shape index (κ1) is 26.0. The van der Waals surface area contributed by atoms with Crippen molar-refractivity contribution < 1.29 is 27.2 Å². The van der Waals surface area contributed by atoms with Crippen LogP contribution in [0.4, 0.5) is 28.9 Å². The third-order valence-electron chi connectivity index (χ3n) is 6.76. The number of halogens is 4. The largest absolute Gasteiger partial charge is 0.419 e. The molecule has 1 saturated heterocycles. The zero-order valence-corrected chi connectivity index (χ0v) is 21.2. The number of nitriles is 1. The van der Waals surface area contributed by atoms with E-state index in [9.17, 15) is 22.8 Å². The van der Waals surface area contributed by atoms with Gasteiger partial charge in [-0.2, -0.15) is 18.4 Å². The van der Waals surface area contributed by atoms with Gasteiger partial charge < -0.3 is 10.2 Å². The Morgan fingerprint density at radius 2 is 2.03 bits per heavy atom. The summed E-state index contributed by atoms with van der Waals surface area (Å²) in [5.41, 5.74) is -4.40. The molecule has 1 unspecified atom stereocenters. The van der Waals surface area contributed by atoms with E-state index in [1.54, 1.807) is 4.90 Å². The number of pyridine rings is 1. The van der Waals surface area contributed by atoms with Crippen LogP contribution in [0.25, 0.3) is 0 Å². The van der Waals surface area contributed by atoms with E-state index >= 15 is 4.39 Å². The highest BCUT2D eigenvalue weighted by Crippen LogP contribution is 2.50. The SMILES string of the molecule is N#Cc1ncc(N2C(=O)C3(CCC3)N(c3ccc(C(=O)NCc4cccs4)c(F)c3)C2S)cc1C(F)(F)F. The summed E-state index contributed by atoms with van der Waals surface area (Å²) in [6, 6.07) is 9.71. The van der Waals surface area contributed by atoms with Crippen LogP contribution < -0.4 is 15.1 Å². The zero-order valence-electron chi connectivity index (χ0n) is 19.5. The predicted octanol–water partition coefficient (Wildman–Crippen LogP) is 5.09. The Bertz CT molecular complexity index is 1450. The molecule has 3 aromatic rings. The van der Waals surface area contributed by atoms with E-state index in [2.05, 4.69) is 22.9 Å². The number of hydrogen-bond donors (Lipinski definition) is 2. The Kier molecular flexibility index (Phi) is 6.56. The van der Waals surface area contributed by atoms with Gasteiger partial charge in [0.1, 0.15) is 17.4 Å². The van der Waals surface area contributed by atoms with Crippen molar-refractivity contribution in [3.05, 3.63) is 75.5 Å². The van der Waals surface area contributed by atoms with Gasteiger partial charge in [-0.15, -0.1) is 24.0 Å². The second kappa shape index (κ2) is 9.59. The molecule has 0 bridgehead atoms. The third kappa shape index (κ3) is 4.27. The first-order chi connectivity index (χ1) is 18.1. The zero-order chi connectivity index (χ0) is 27.2. The van der Waals surface area contributed by atoms with Crippen molar-refractivity contribution in [2.45, 2.75) is 43.0 Å². The minimum atomic E-state index is -4.86. The number of alkyl halides is 3. The molecule has 3 heterocycles. The summed E-state index contributed by atoms with van der Waals surface area (Å²) in [5.74, 6) is -1.92. The van der Waals surface area contributed by atoms with Crippen molar-refractivity contribution in [1.29, 1.82) is 5.26 Å². The number of nitrogens with zero attached hydrogens (tertiary/aromatic N) is 4. The number of carbonyl (C=O) groups is 2. The minimum absolute atomic E-state index is 0.180. The molecule has 1 aromatic carbocycles. The van der Waals surface area contributed by atoms with Crippen LogP contribution in [-0.2, 0) is 17.5 Å². The molecule has 2 fully saturated rings. The number of rotatable bonds is 5. The number of amides is 2. The quantitative estimate of drug-likeness (QED) is 0.335. The molecule has 1 aliphatic carbocycles. The van der Waals surface area contributed by atoms with Gasteiger partial charge >= 0.3 is 6.18 Å². The van der Waals surface area contributed by atoms with Crippen LogP contribution in [0, 0.1) is 17.1 Å². The normalized spacial score (nSPS) is 18.4. The molecule has 2 amide bonds.